The van der Waals surface area contributed by atoms with E-state index in [-0.39, 0.29) is 40.3 Å². The van der Waals surface area contributed by atoms with Crippen molar-refractivity contribution in [2.45, 2.75) is 46.5 Å². The molecular formula is C21H26CdClFNS-. The third-order valence-corrected chi connectivity index (χ3v) is 4.23. The first-order valence-corrected chi connectivity index (χ1v) is 9.25. The zero-order chi connectivity index (χ0) is 17.9. The van der Waals surface area contributed by atoms with Gasteiger partial charge in [-0.1, -0.05) is 69.5 Å². The number of hydrogen-bond acceptors (Lipinski definition) is 2. The fraction of sp³-hybridized carbons (Fsp3) is 0.381. The number of halogens is 2. The molecule has 0 aromatic heterocycles. The van der Waals surface area contributed by atoms with Crippen molar-refractivity contribution < 1.29 is 31.7 Å². The molecule has 0 saturated heterocycles. The predicted molar refractivity (Wildman–Crippen MR) is 109 cm³/mol. The summed E-state index contributed by atoms with van der Waals surface area (Å²) in [5, 5.41) is 9.49. The first kappa shape index (κ1) is 27.6. The molecule has 2 aromatic carbocycles. The van der Waals surface area contributed by atoms with Gasteiger partial charge in [-0.15, -0.1) is 0 Å². The Bertz CT molecular complexity index is 701. The van der Waals surface area contributed by atoms with E-state index in [9.17, 15) is 4.39 Å². The molecular weight excluding hydrogens is 465 g/mol. The smallest absolute Gasteiger partial charge is 0.141 e. The third-order valence-electron chi connectivity index (χ3n) is 3.78. The van der Waals surface area contributed by atoms with Crippen LogP contribution in [0.3, 0.4) is 0 Å². The molecule has 2 aromatic rings. The van der Waals surface area contributed by atoms with Crippen LogP contribution >= 0.6 is 11.6 Å². The Morgan fingerprint density at radius 3 is 2.38 bits per heavy atom. The van der Waals surface area contributed by atoms with Crippen LogP contribution in [-0.4, -0.2) is 6.26 Å². The van der Waals surface area contributed by atoms with Crippen LogP contribution in [0, 0.1) is 17.1 Å². The van der Waals surface area contributed by atoms with E-state index in [1.807, 2.05) is 24.3 Å². The molecule has 0 heterocycles. The minimum Gasteiger partial charge on any atom is -0.796 e. The number of nitriles is 1. The summed E-state index contributed by atoms with van der Waals surface area (Å²) >= 11 is 10.6. The normalized spacial score (nSPS) is 9.08. The van der Waals surface area contributed by atoms with Gasteiger partial charge in [-0.25, -0.2) is 4.39 Å². The molecule has 0 radical (unpaired) electrons. The quantitative estimate of drug-likeness (QED) is 0.248. The van der Waals surface area contributed by atoms with Crippen molar-refractivity contribution in [2.24, 2.45) is 0 Å². The monoisotopic (exact) mass is 492 g/mol. The molecule has 2 rings (SSSR count). The molecule has 0 aliphatic carbocycles. The van der Waals surface area contributed by atoms with Crippen molar-refractivity contribution in [3.63, 3.8) is 0 Å². The Balaban J connectivity index is 0. The van der Waals surface area contributed by atoms with Gasteiger partial charge in [-0.05, 0) is 36.1 Å². The van der Waals surface area contributed by atoms with E-state index in [1.165, 1.54) is 31.4 Å². The van der Waals surface area contributed by atoms with Gasteiger partial charge in [-0.2, -0.15) is 11.5 Å². The number of aryl methyl sites for hydroxylation is 1. The van der Waals surface area contributed by atoms with Gasteiger partial charge in [0.2, 0.25) is 0 Å². The Morgan fingerprint density at radius 1 is 1.12 bits per heavy atom. The third kappa shape index (κ3) is 7.98. The van der Waals surface area contributed by atoms with E-state index in [0.29, 0.717) is 10.6 Å². The minimum atomic E-state index is -0.510. The second-order valence-corrected chi connectivity index (χ2v) is 5.77. The fourth-order valence-electron chi connectivity index (χ4n) is 2.51. The van der Waals surface area contributed by atoms with Gasteiger partial charge in [0.25, 0.3) is 0 Å². The average molecular weight is 491 g/mol. The molecule has 0 N–H and O–H groups in total. The molecule has 0 saturated carbocycles. The molecule has 0 aliphatic rings. The van der Waals surface area contributed by atoms with Gasteiger partial charge < -0.3 is 12.6 Å². The van der Waals surface area contributed by atoms with Crippen molar-refractivity contribution in [3.05, 3.63) is 58.4 Å². The summed E-state index contributed by atoms with van der Waals surface area (Å²) < 4.78 is 13.8. The number of nitrogens with zero attached hydrogens (tertiary/aromatic N) is 1. The fourth-order valence-corrected chi connectivity index (χ4v) is 2.84. The van der Waals surface area contributed by atoms with Gasteiger partial charge in [-0.3, -0.25) is 0 Å². The molecule has 0 unspecified atom stereocenters. The van der Waals surface area contributed by atoms with Crippen molar-refractivity contribution in [3.8, 4) is 17.2 Å². The minimum absolute atomic E-state index is 0. The molecule has 0 atom stereocenters. The molecule has 0 amide bonds. The van der Waals surface area contributed by atoms with Crippen molar-refractivity contribution in [2.75, 3.05) is 6.26 Å². The molecule has 5 heteroatoms. The maximum atomic E-state index is 13.8. The summed E-state index contributed by atoms with van der Waals surface area (Å²) in [6, 6.07) is 12.3. The average Bonchev–Trinajstić information content (AvgIpc) is 2.61. The zero-order valence-electron chi connectivity index (χ0n) is 14.8. The van der Waals surface area contributed by atoms with Gasteiger partial charge in [0.1, 0.15) is 11.9 Å². The van der Waals surface area contributed by atoms with Crippen LogP contribution in [0.4, 0.5) is 4.39 Å². The van der Waals surface area contributed by atoms with Crippen LogP contribution in [0.2, 0.25) is 5.02 Å². The van der Waals surface area contributed by atoms with Crippen molar-refractivity contribution in [1.29, 1.82) is 5.26 Å². The van der Waals surface area contributed by atoms with Crippen LogP contribution in [0.15, 0.2) is 36.4 Å². The van der Waals surface area contributed by atoms with Crippen molar-refractivity contribution >= 4 is 24.2 Å². The number of hydrogen-bond donors (Lipinski definition) is 0. The standard InChI is InChI=1S/C19H19ClFN.CH4S.CH4.Cd/c1-2-3-4-5-7-14-8-6-9-17(19(14)20)15-10-11-16(13-22)18(21)12-15;1-2;;/h6,8-12H,2-5,7H2,1H3;2H,1H3;1H4;/p-1. The van der Waals surface area contributed by atoms with Crippen LogP contribution in [0.1, 0.15) is 51.2 Å². The van der Waals surface area contributed by atoms with E-state index < -0.39 is 5.82 Å². The maximum absolute atomic E-state index is 13.8. The van der Waals surface area contributed by atoms with E-state index >= 15 is 0 Å². The van der Waals surface area contributed by atoms with Crippen LogP contribution in [0.25, 0.3) is 11.1 Å². The van der Waals surface area contributed by atoms with E-state index in [1.54, 1.807) is 12.3 Å². The van der Waals surface area contributed by atoms with E-state index in [2.05, 4.69) is 19.6 Å². The second kappa shape index (κ2) is 15.5. The van der Waals surface area contributed by atoms with Gasteiger partial charge in [0.05, 0.1) is 10.6 Å². The number of benzene rings is 2. The summed E-state index contributed by atoms with van der Waals surface area (Å²) in [6.07, 6.45) is 7.27. The molecule has 26 heavy (non-hydrogen) atoms. The van der Waals surface area contributed by atoms with Crippen LogP contribution in [0.5, 0.6) is 0 Å². The van der Waals surface area contributed by atoms with Crippen molar-refractivity contribution in [1.82, 2.24) is 0 Å². The van der Waals surface area contributed by atoms with E-state index in [4.69, 9.17) is 16.9 Å². The molecule has 0 aliphatic heterocycles. The van der Waals surface area contributed by atoms with Gasteiger partial charge in [0.15, 0.2) is 0 Å². The number of unbranched alkanes of at least 4 members (excludes halogenated alkanes) is 3. The van der Waals surface area contributed by atoms with Gasteiger partial charge in [0, 0.05) is 32.9 Å². The summed E-state index contributed by atoms with van der Waals surface area (Å²) in [6.45, 7) is 2.19. The predicted octanol–water partition coefficient (Wildman–Crippen LogP) is 6.94. The topological polar surface area (TPSA) is 23.8 Å². The second-order valence-electron chi connectivity index (χ2n) is 5.40. The summed E-state index contributed by atoms with van der Waals surface area (Å²) in [4.78, 5) is 0. The molecule has 1 nitrogen and oxygen atoms in total. The van der Waals surface area contributed by atoms with E-state index in [0.717, 1.165) is 24.0 Å². The largest absolute Gasteiger partial charge is 0.796 e. The Labute approximate surface area is 188 Å². The van der Waals surface area contributed by atoms with Crippen LogP contribution in [-0.2, 0) is 46.3 Å². The maximum Gasteiger partial charge on any atom is 0.141 e. The molecule has 0 bridgehead atoms. The van der Waals surface area contributed by atoms with Gasteiger partial charge >= 0.3 is 0 Å². The Kier molecular flexibility index (Phi) is 16.5. The summed E-state index contributed by atoms with van der Waals surface area (Å²) in [7, 11) is 0. The summed E-state index contributed by atoms with van der Waals surface area (Å²) in [5.74, 6) is -0.510. The first-order valence-electron chi connectivity index (χ1n) is 8.05. The zero-order valence-corrected chi connectivity index (χ0v) is 20.4. The first-order chi connectivity index (χ1) is 11.7. The Hall–Kier alpha value is -0.578. The SMILES string of the molecule is C.CCCCCCc1cccc(-c2ccc(C#N)c(F)c2)c1Cl.C[S-].[Cd]. The number of rotatable bonds is 6. The summed E-state index contributed by atoms with van der Waals surface area (Å²) in [5.41, 5.74) is 2.67. The Morgan fingerprint density at radius 2 is 1.81 bits per heavy atom. The molecule has 138 valence electrons. The molecule has 0 spiro atoms. The van der Waals surface area contributed by atoms with Crippen LogP contribution < -0.4 is 0 Å². The molecule has 0 fully saturated rings.